The molecule has 1 aliphatic heterocycles. The van der Waals surface area contributed by atoms with Gasteiger partial charge < -0.3 is 14.2 Å². The van der Waals surface area contributed by atoms with E-state index in [0.29, 0.717) is 11.5 Å². The average Bonchev–Trinajstić information content (AvgIpc) is 3.37. The Morgan fingerprint density at radius 2 is 1.91 bits per heavy atom. The van der Waals surface area contributed by atoms with Crippen molar-refractivity contribution in [1.82, 2.24) is 9.13 Å². The number of benzene rings is 2. The zero-order valence-electron chi connectivity index (χ0n) is 19.4. The summed E-state index contributed by atoms with van der Waals surface area (Å²) in [5, 5.41) is 12.2. The van der Waals surface area contributed by atoms with E-state index in [9.17, 15) is 9.90 Å². The predicted octanol–water partition coefficient (Wildman–Crippen LogP) is 7.23. The lowest BCUT2D eigenvalue weighted by Gasteiger charge is -2.26. The number of carboxylic acid groups (broad SMARTS) is 1. The maximum Gasteiger partial charge on any atom is 0.335 e. The molecule has 3 heterocycles. The van der Waals surface area contributed by atoms with Crippen LogP contribution in [-0.4, -0.2) is 20.2 Å². The van der Waals surface area contributed by atoms with Crippen LogP contribution < -0.4 is 0 Å². The number of aromatic nitrogens is 2. The smallest absolute Gasteiger partial charge is 0.335 e. The summed E-state index contributed by atoms with van der Waals surface area (Å²) in [7, 11) is 0. The van der Waals surface area contributed by atoms with Gasteiger partial charge in [0.25, 0.3) is 0 Å². The van der Waals surface area contributed by atoms with Crippen molar-refractivity contribution in [2.75, 3.05) is 0 Å². The van der Waals surface area contributed by atoms with Crippen molar-refractivity contribution in [2.45, 2.75) is 77.2 Å². The molecule has 170 valence electrons. The topological polar surface area (TPSA) is 47.2 Å². The Labute approximate surface area is 194 Å². The number of hydrogen-bond donors (Lipinski definition) is 1. The lowest BCUT2D eigenvalue weighted by molar-refractivity contribution is 0.0697. The molecule has 0 amide bonds. The Morgan fingerprint density at radius 1 is 1.06 bits per heavy atom. The SMILES string of the molecule is CCCc1ccc2ccn3c2c1CCCn1c-3c(C2CCCCC2)c2ccc(C(=O)O)cc21. The molecule has 6 rings (SSSR count). The molecule has 4 nitrogen and oxygen atoms in total. The molecule has 0 unspecified atom stereocenters. The molecule has 0 spiro atoms. The third kappa shape index (κ3) is 3.22. The van der Waals surface area contributed by atoms with Crippen LogP contribution in [0.25, 0.3) is 27.6 Å². The molecule has 1 N–H and O–H groups in total. The zero-order valence-corrected chi connectivity index (χ0v) is 19.4. The highest BCUT2D eigenvalue weighted by Gasteiger charge is 2.29. The number of hydrogen-bond acceptors (Lipinski definition) is 1. The minimum Gasteiger partial charge on any atom is -0.478 e. The number of carbonyl (C=O) groups is 1. The second-order valence-corrected chi connectivity index (χ2v) is 9.94. The van der Waals surface area contributed by atoms with Gasteiger partial charge in [0.15, 0.2) is 0 Å². The zero-order chi connectivity index (χ0) is 22.5. The Balaban J connectivity index is 1.70. The predicted molar refractivity (Wildman–Crippen MR) is 134 cm³/mol. The largest absolute Gasteiger partial charge is 0.478 e. The van der Waals surface area contributed by atoms with Gasteiger partial charge in [-0.05, 0) is 67.3 Å². The van der Waals surface area contributed by atoms with E-state index in [4.69, 9.17) is 0 Å². The van der Waals surface area contributed by atoms with Gasteiger partial charge in [-0.1, -0.05) is 50.8 Å². The van der Waals surface area contributed by atoms with Gasteiger partial charge in [0.1, 0.15) is 5.82 Å². The summed E-state index contributed by atoms with van der Waals surface area (Å²) >= 11 is 0. The first kappa shape index (κ1) is 20.6. The molecule has 0 saturated heterocycles. The molecule has 1 saturated carbocycles. The van der Waals surface area contributed by atoms with Crippen molar-refractivity contribution in [3.63, 3.8) is 0 Å². The number of carboxylic acids is 1. The number of aromatic carboxylic acids is 1. The van der Waals surface area contributed by atoms with E-state index in [1.165, 1.54) is 70.9 Å². The van der Waals surface area contributed by atoms with Crippen molar-refractivity contribution in [1.29, 1.82) is 0 Å². The van der Waals surface area contributed by atoms with Crippen LogP contribution in [0.2, 0.25) is 0 Å². The van der Waals surface area contributed by atoms with Crippen LogP contribution in [-0.2, 0) is 19.4 Å². The third-order valence-electron chi connectivity index (χ3n) is 7.95. The molecule has 33 heavy (non-hydrogen) atoms. The van der Waals surface area contributed by atoms with E-state index < -0.39 is 5.97 Å². The Kier molecular flexibility index (Phi) is 5.05. The van der Waals surface area contributed by atoms with Gasteiger partial charge >= 0.3 is 5.97 Å². The van der Waals surface area contributed by atoms with Crippen molar-refractivity contribution in [2.24, 2.45) is 0 Å². The first-order chi connectivity index (χ1) is 16.2. The second-order valence-electron chi connectivity index (χ2n) is 9.94. The molecule has 0 atom stereocenters. The van der Waals surface area contributed by atoms with Crippen LogP contribution in [0.4, 0.5) is 0 Å². The number of aryl methyl sites for hydroxylation is 3. The van der Waals surface area contributed by atoms with E-state index in [-0.39, 0.29) is 0 Å². The lowest BCUT2D eigenvalue weighted by Crippen LogP contribution is -2.15. The number of rotatable bonds is 4. The van der Waals surface area contributed by atoms with Gasteiger partial charge in [-0.3, -0.25) is 0 Å². The van der Waals surface area contributed by atoms with E-state index in [1.54, 1.807) is 6.07 Å². The summed E-state index contributed by atoms with van der Waals surface area (Å²) < 4.78 is 4.88. The van der Waals surface area contributed by atoms with Crippen LogP contribution in [0.5, 0.6) is 0 Å². The summed E-state index contributed by atoms with van der Waals surface area (Å²) in [5.41, 5.74) is 7.26. The molecule has 4 heteroatoms. The third-order valence-corrected chi connectivity index (χ3v) is 7.95. The fourth-order valence-corrected chi connectivity index (χ4v) is 6.49. The van der Waals surface area contributed by atoms with Gasteiger partial charge in [0.2, 0.25) is 0 Å². The average molecular weight is 441 g/mol. The van der Waals surface area contributed by atoms with Crippen LogP contribution >= 0.6 is 0 Å². The van der Waals surface area contributed by atoms with Crippen LogP contribution in [0, 0.1) is 0 Å². The highest BCUT2D eigenvalue weighted by atomic mass is 16.4. The van der Waals surface area contributed by atoms with E-state index in [0.717, 1.165) is 37.7 Å². The highest BCUT2D eigenvalue weighted by Crippen LogP contribution is 2.44. The Hall–Kier alpha value is -3.01. The van der Waals surface area contributed by atoms with Gasteiger partial charge in [0, 0.05) is 29.1 Å². The summed E-state index contributed by atoms with van der Waals surface area (Å²) in [4.78, 5) is 11.8. The fraction of sp³-hybridized carbons (Fsp3) is 0.414. The van der Waals surface area contributed by atoms with Gasteiger partial charge in [0.05, 0.1) is 16.6 Å². The van der Waals surface area contributed by atoms with Crippen molar-refractivity contribution in [3.8, 4) is 5.82 Å². The van der Waals surface area contributed by atoms with E-state index in [2.05, 4.69) is 46.5 Å². The van der Waals surface area contributed by atoms with Gasteiger partial charge in [-0.25, -0.2) is 4.79 Å². The molecule has 0 radical (unpaired) electrons. The normalized spacial score (nSPS) is 16.6. The Bertz CT molecular complexity index is 1370. The van der Waals surface area contributed by atoms with Crippen molar-refractivity contribution < 1.29 is 9.90 Å². The van der Waals surface area contributed by atoms with Gasteiger partial charge in [-0.15, -0.1) is 0 Å². The highest BCUT2D eigenvalue weighted by molar-refractivity contribution is 5.97. The Morgan fingerprint density at radius 3 is 2.70 bits per heavy atom. The minimum absolute atomic E-state index is 0.378. The van der Waals surface area contributed by atoms with Gasteiger partial charge in [-0.2, -0.15) is 0 Å². The number of fused-ring (bicyclic) bond motifs is 4. The minimum atomic E-state index is -0.851. The molecule has 2 aliphatic rings. The second kappa shape index (κ2) is 8.09. The molecule has 2 aromatic carbocycles. The fourth-order valence-electron chi connectivity index (χ4n) is 6.49. The van der Waals surface area contributed by atoms with Crippen LogP contribution in [0.15, 0.2) is 42.6 Å². The maximum absolute atomic E-state index is 11.8. The summed E-state index contributed by atoms with van der Waals surface area (Å²) in [6.07, 6.45) is 13.0. The monoisotopic (exact) mass is 440 g/mol. The molecule has 1 aliphatic carbocycles. The quantitative estimate of drug-likeness (QED) is 0.364. The van der Waals surface area contributed by atoms with Crippen molar-refractivity contribution >= 4 is 27.8 Å². The summed E-state index contributed by atoms with van der Waals surface area (Å²) in [6, 6.07) is 12.7. The molecule has 2 aromatic heterocycles. The summed E-state index contributed by atoms with van der Waals surface area (Å²) in [6.45, 7) is 3.18. The first-order valence-corrected chi connectivity index (χ1v) is 12.7. The van der Waals surface area contributed by atoms with E-state index in [1.807, 2.05) is 6.07 Å². The molecule has 0 bridgehead atoms. The molecular formula is C29H32N2O2. The van der Waals surface area contributed by atoms with Crippen molar-refractivity contribution in [3.05, 3.63) is 64.8 Å². The summed E-state index contributed by atoms with van der Waals surface area (Å²) in [5.74, 6) is 0.965. The maximum atomic E-state index is 11.8. The molecular weight excluding hydrogens is 408 g/mol. The van der Waals surface area contributed by atoms with E-state index >= 15 is 0 Å². The number of nitrogens with zero attached hydrogens (tertiary/aromatic N) is 2. The molecule has 4 aromatic rings. The first-order valence-electron chi connectivity index (χ1n) is 12.7. The molecule has 1 fully saturated rings. The van der Waals surface area contributed by atoms with Crippen LogP contribution in [0.3, 0.4) is 0 Å². The standard InChI is InChI=1S/C29H32N2O2/c1-2-7-19-11-12-21-15-17-31-27(21)23(19)10-6-16-30-25-18-22(29(32)33)13-14-24(25)26(28(30)31)20-8-4-3-5-9-20/h11-15,17-18,20H,2-10,16H2,1H3,(H,32,33). The van der Waals surface area contributed by atoms with Crippen LogP contribution in [0.1, 0.15) is 84.8 Å². The lowest BCUT2D eigenvalue weighted by atomic mass is 9.83.